The monoisotopic (exact) mass is 467 g/mol. The lowest BCUT2D eigenvalue weighted by Crippen LogP contribution is -2.44. The molecule has 6 nitrogen and oxygen atoms in total. The van der Waals surface area contributed by atoms with E-state index in [1.807, 2.05) is 0 Å². The van der Waals surface area contributed by atoms with Crippen molar-refractivity contribution in [2.24, 2.45) is 4.99 Å². The zero-order chi connectivity index (χ0) is 17.1. The van der Waals surface area contributed by atoms with E-state index in [9.17, 15) is 13.2 Å². The predicted molar refractivity (Wildman–Crippen MR) is 100 cm³/mol. The van der Waals surface area contributed by atoms with E-state index in [2.05, 4.69) is 20.5 Å². The van der Waals surface area contributed by atoms with Gasteiger partial charge in [-0.2, -0.15) is 13.2 Å². The van der Waals surface area contributed by atoms with Crippen LogP contribution in [0.3, 0.4) is 0 Å². The molecule has 1 saturated heterocycles. The largest absolute Gasteiger partial charge is 0.401 e. The Bertz CT molecular complexity index is 352. The first-order valence-corrected chi connectivity index (χ1v) is 7.90. The van der Waals surface area contributed by atoms with Crippen LogP contribution in [-0.4, -0.2) is 95.1 Å². The first-order valence-electron chi connectivity index (χ1n) is 7.90. The van der Waals surface area contributed by atoms with Crippen LogP contribution in [0.1, 0.15) is 6.42 Å². The zero-order valence-electron chi connectivity index (χ0n) is 14.4. The van der Waals surface area contributed by atoms with Gasteiger partial charge in [-0.1, -0.05) is 0 Å². The molecule has 0 saturated carbocycles. The van der Waals surface area contributed by atoms with E-state index in [-0.39, 0.29) is 24.0 Å². The van der Waals surface area contributed by atoms with E-state index < -0.39 is 12.7 Å². The molecule has 1 aliphatic rings. The Balaban J connectivity index is 0.00000529. The molecule has 144 valence electrons. The Hall–Kier alpha value is -0.330. The Morgan fingerprint density at radius 2 is 1.83 bits per heavy atom. The van der Waals surface area contributed by atoms with Crippen LogP contribution in [0.15, 0.2) is 4.99 Å². The Morgan fingerprint density at radius 1 is 1.21 bits per heavy atom. The van der Waals surface area contributed by atoms with Crippen molar-refractivity contribution >= 4 is 29.9 Å². The first-order chi connectivity index (χ1) is 10.9. The lowest BCUT2D eigenvalue weighted by atomic mass is 10.4. The molecule has 0 aromatic heterocycles. The SMILES string of the molecule is CN=C(NCCCN(C)CC(F)(F)F)NCCN1CCOCC1.I. The van der Waals surface area contributed by atoms with Crippen molar-refractivity contribution in [1.29, 1.82) is 0 Å². The van der Waals surface area contributed by atoms with Crippen molar-refractivity contribution in [3.8, 4) is 0 Å². The van der Waals surface area contributed by atoms with Crippen LogP contribution in [0.4, 0.5) is 13.2 Å². The normalized spacial score (nSPS) is 16.8. The van der Waals surface area contributed by atoms with Crippen LogP contribution >= 0.6 is 24.0 Å². The molecule has 10 heteroatoms. The van der Waals surface area contributed by atoms with E-state index in [4.69, 9.17) is 4.74 Å². The maximum atomic E-state index is 12.2. The standard InChI is InChI=1S/C14H28F3N5O.HI/c1-18-13(20-5-7-22-8-10-23-11-9-22)19-4-3-6-21(2)12-14(15,16)17;/h3-12H2,1-2H3,(H2,18,19,20);1H. The summed E-state index contributed by atoms with van der Waals surface area (Å²) >= 11 is 0. The minimum atomic E-state index is -4.14. The first kappa shape index (κ1) is 23.7. The van der Waals surface area contributed by atoms with Crippen molar-refractivity contribution < 1.29 is 17.9 Å². The maximum absolute atomic E-state index is 12.2. The number of guanidine groups is 1. The third kappa shape index (κ3) is 12.1. The minimum Gasteiger partial charge on any atom is -0.379 e. The lowest BCUT2D eigenvalue weighted by Gasteiger charge is -2.26. The van der Waals surface area contributed by atoms with Gasteiger partial charge < -0.3 is 15.4 Å². The van der Waals surface area contributed by atoms with Gasteiger partial charge in [0.15, 0.2) is 5.96 Å². The molecule has 0 aromatic rings. The van der Waals surface area contributed by atoms with Gasteiger partial charge in [0.05, 0.1) is 19.8 Å². The molecule has 0 aliphatic carbocycles. The third-order valence-corrected chi connectivity index (χ3v) is 3.51. The van der Waals surface area contributed by atoms with Gasteiger partial charge in [-0.3, -0.25) is 14.8 Å². The summed E-state index contributed by atoms with van der Waals surface area (Å²) in [6.45, 7) is 5.22. The summed E-state index contributed by atoms with van der Waals surface area (Å²) in [6, 6.07) is 0. The molecule has 1 heterocycles. The molecule has 2 N–H and O–H groups in total. The van der Waals surface area contributed by atoms with Crippen LogP contribution in [0.25, 0.3) is 0 Å². The number of rotatable bonds is 8. The average Bonchev–Trinajstić information content (AvgIpc) is 2.49. The molecule has 0 unspecified atom stereocenters. The molecular weight excluding hydrogens is 438 g/mol. The molecule has 0 radical (unpaired) electrons. The summed E-state index contributed by atoms with van der Waals surface area (Å²) in [5.74, 6) is 0.678. The van der Waals surface area contributed by atoms with Crippen LogP contribution in [-0.2, 0) is 4.74 Å². The molecule has 1 rings (SSSR count). The Morgan fingerprint density at radius 3 is 2.42 bits per heavy atom. The Kier molecular flexibility index (Phi) is 12.8. The molecule has 1 fully saturated rings. The summed E-state index contributed by atoms with van der Waals surface area (Å²) in [5, 5.41) is 6.32. The maximum Gasteiger partial charge on any atom is 0.401 e. The fraction of sp³-hybridized carbons (Fsp3) is 0.929. The van der Waals surface area contributed by atoms with E-state index >= 15 is 0 Å². The number of halogens is 4. The second kappa shape index (κ2) is 13.0. The number of morpholine rings is 1. The molecular formula is C14H29F3IN5O. The quantitative estimate of drug-likeness (QED) is 0.242. The van der Waals surface area contributed by atoms with Crippen molar-refractivity contribution in [1.82, 2.24) is 20.4 Å². The minimum absolute atomic E-state index is 0. The highest BCUT2D eigenvalue weighted by atomic mass is 127. The lowest BCUT2D eigenvalue weighted by molar-refractivity contribution is -0.143. The fourth-order valence-electron chi connectivity index (χ4n) is 2.32. The topological polar surface area (TPSA) is 52.1 Å². The van der Waals surface area contributed by atoms with Gasteiger partial charge in [0.1, 0.15) is 0 Å². The average molecular weight is 467 g/mol. The zero-order valence-corrected chi connectivity index (χ0v) is 16.7. The second-order valence-corrected chi connectivity index (χ2v) is 5.59. The van der Waals surface area contributed by atoms with Gasteiger partial charge in [0.2, 0.25) is 0 Å². The molecule has 0 spiro atoms. The van der Waals surface area contributed by atoms with Crippen LogP contribution in [0.5, 0.6) is 0 Å². The van der Waals surface area contributed by atoms with Gasteiger partial charge in [-0.05, 0) is 20.0 Å². The van der Waals surface area contributed by atoms with Gasteiger partial charge in [0, 0.05) is 39.8 Å². The van der Waals surface area contributed by atoms with Gasteiger partial charge >= 0.3 is 6.18 Å². The fourth-order valence-corrected chi connectivity index (χ4v) is 2.32. The highest BCUT2D eigenvalue weighted by Gasteiger charge is 2.28. The van der Waals surface area contributed by atoms with Gasteiger partial charge in [0.25, 0.3) is 0 Å². The molecule has 0 aromatic carbocycles. The predicted octanol–water partition coefficient (Wildman–Crippen LogP) is 0.986. The van der Waals surface area contributed by atoms with Crippen LogP contribution < -0.4 is 10.6 Å². The molecule has 24 heavy (non-hydrogen) atoms. The number of nitrogens with one attached hydrogen (secondary N) is 2. The van der Waals surface area contributed by atoms with Crippen molar-refractivity contribution in [3.63, 3.8) is 0 Å². The molecule has 0 atom stereocenters. The smallest absolute Gasteiger partial charge is 0.379 e. The summed E-state index contributed by atoms with van der Waals surface area (Å²) < 4.78 is 41.9. The van der Waals surface area contributed by atoms with E-state index in [0.717, 1.165) is 39.4 Å². The highest BCUT2D eigenvalue weighted by molar-refractivity contribution is 14.0. The van der Waals surface area contributed by atoms with E-state index in [0.29, 0.717) is 25.5 Å². The summed E-state index contributed by atoms with van der Waals surface area (Å²) in [6.07, 6.45) is -3.52. The van der Waals surface area contributed by atoms with Gasteiger partial charge in [-0.15, -0.1) is 24.0 Å². The molecule has 0 bridgehead atoms. The van der Waals surface area contributed by atoms with Crippen LogP contribution in [0.2, 0.25) is 0 Å². The Labute approximate surface area is 159 Å². The molecule has 0 amide bonds. The highest BCUT2D eigenvalue weighted by Crippen LogP contribution is 2.15. The number of nitrogens with zero attached hydrogens (tertiary/aromatic N) is 3. The third-order valence-electron chi connectivity index (χ3n) is 3.51. The van der Waals surface area contributed by atoms with Crippen LogP contribution in [0, 0.1) is 0 Å². The number of aliphatic imine (C=N–C) groups is 1. The van der Waals surface area contributed by atoms with E-state index in [1.165, 1.54) is 11.9 Å². The van der Waals surface area contributed by atoms with Crippen molar-refractivity contribution in [2.75, 3.05) is 73.1 Å². The van der Waals surface area contributed by atoms with Gasteiger partial charge in [-0.25, -0.2) is 0 Å². The summed E-state index contributed by atoms with van der Waals surface area (Å²) in [7, 11) is 3.16. The number of ether oxygens (including phenoxy) is 1. The van der Waals surface area contributed by atoms with Crippen molar-refractivity contribution in [3.05, 3.63) is 0 Å². The number of hydrogen-bond donors (Lipinski definition) is 2. The molecule has 1 aliphatic heterocycles. The second-order valence-electron chi connectivity index (χ2n) is 5.59. The van der Waals surface area contributed by atoms with Crippen molar-refractivity contribution in [2.45, 2.75) is 12.6 Å². The number of hydrogen-bond acceptors (Lipinski definition) is 4. The summed E-state index contributed by atoms with van der Waals surface area (Å²) in [4.78, 5) is 7.69. The summed E-state index contributed by atoms with van der Waals surface area (Å²) in [5.41, 5.74) is 0. The number of alkyl halides is 3. The van der Waals surface area contributed by atoms with E-state index in [1.54, 1.807) is 7.05 Å².